The van der Waals surface area contributed by atoms with E-state index in [0.717, 1.165) is 6.21 Å². The molecule has 0 saturated carbocycles. The number of hydrazone groups is 1. The summed E-state index contributed by atoms with van der Waals surface area (Å²) in [5.74, 6) is -0.254. The third kappa shape index (κ3) is 2.59. The number of urea groups is 1. The molecule has 0 aliphatic carbocycles. The first-order valence-electron chi connectivity index (χ1n) is 3.42. The first-order chi connectivity index (χ1) is 6.59. The summed E-state index contributed by atoms with van der Waals surface area (Å²) >= 11 is 0. The zero-order chi connectivity index (χ0) is 10.6. The summed E-state index contributed by atoms with van der Waals surface area (Å²) in [6.45, 7) is 0. The third-order valence-electron chi connectivity index (χ3n) is 1.16. The SMILES string of the molecule is N[13C](=O)[15NH][15N]=Cc1ccc([N+](=O)[O-])o1. The van der Waals surface area contributed by atoms with Crippen LogP contribution in [0.2, 0.25) is 0 Å². The molecule has 74 valence electrons. The number of primary amides is 1. The molecule has 0 atom stereocenters. The number of hydrogen-bond donors (Lipinski definition) is 2. The topological polar surface area (TPSA) is 124 Å². The molecule has 0 radical (unpaired) electrons. The molecule has 8 heteroatoms. The lowest BCUT2D eigenvalue weighted by Crippen LogP contribution is -2.24. The molecule has 0 aliphatic rings. The molecule has 0 aromatic carbocycles. The summed E-state index contributed by atoms with van der Waals surface area (Å²) in [5.41, 5.74) is 6.62. The van der Waals surface area contributed by atoms with Crippen LogP contribution >= 0.6 is 0 Å². The Morgan fingerprint density at radius 2 is 2.43 bits per heavy atom. The van der Waals surface area contributed by atoms with E-state index in [-0.39, 0.29) is 5.76 Å². The van der Waals surface area contributed by atoms with Gasteiger partial charge < -0.3 is 10.2 Å². The molecule has 1 aromatic heterocycles. The van der Waals surface area contributed by atoms with Crippen molar-refractivity contribution in [3.05, 3.63) is 28.0 Å². The van der Waals surface area contributed by atoms with Crippen molar-refractivity contribution in [1.29, 1.82) is 0 Å². The highest BCUT2D eigenvalue weighted by molar-refractivity contribution is 5.78. The first-order valence-corrected chi connectivity index (χ1v) is 3.42. The quantitative estimate of drug-likeness (QED) is 0.238. The summed E-state index contributed by atoms with van der Waals surface area (Å²) in [7, 11) is 0. The Balaban J connectivity index is 2.64. The lowest BCUT2D eigenvalue weighted by atomic mass is 10.5. The van der Waals surface area contributed by atoms with Gasteiger partial charge in [0.25, 0.3) is 0 Å². The molecule has 0 saturated heterocycles. The molecule has 0 aliphatic heterocycles. The largest absolute Gasteiger partial charge is 0.433 e. The highest BCUT2D eigenvalue weighted by Crippen LogP contribution is 2.13. The minimum atomic E-state index is -0.831. The van der Waals surface area contributed by atoms with Crippen LogP contribution in [0.25, 0.3) is 0 Å². The number of nitro groups is 1. The minimum Gasteiger partial charge on any atom is -0.400 e. The highest BCUT2D eigenvalue weighted by atomic mass is 16.6. The Bertz CT molecular complexity index is 383. The molecule has 3 N–H and O–H groups in total. The van der Waals surface area contributed by atoms with Crippen molar-refractivity contribution in [1.82, 2.24) is 5.43 Å². The maximum absolute atomic E-state index is 10.2. The Hall–Kier alpha value is -2.38. The fourth-order valence-corrected chi connectivity index (χ4v) is 0.669. The number of furan rings is 1. The number of carbonyl (C=O) groups excluding carboxylic acids is 1. The van der Waals surface area contributed by atoms with Gasteiger partial charge in [-0.05, 0) is 6.07 Å². The van der Waals surface area contributed by atoms with Gasteiger partial charge in [-0.15, -0.1) is 0 Å². The van der Waals surface area contributed by atoms with Gasteiger partial charge in [0.1, 0.15) is 4.92 Å². The molecule has 0 bridgehead atoms. The second kappa shape index (κ2) is 4.03. The highest BCUT2D eigenvalue weighted by Gasteiger charge is 2.09. The molecule has 8 nitrogen and oxygen atoms in total. The van der Waals surface area contributed by atoms with E-state index < -0.39 is 16.8 Å². The molecule has 1 aromatic rings. The van der Waals surface area contributed by atoms with E-state index in [4.69, 9.17) is 5.73 Å². The van der Waals surface area contributed by atoms with Crippen LogP contribution in [-0.2, 0) is 0 Å². The van der Waals surface area contributed by atoms with Crippen molar-refractivity contribution < 1.29 is 14.1 Å². The van der Waals surface area contributed by atoms with Crippen molar-refractivity contribution in [2.75, 3.05) is 0 Å². The fourth-order valence-electron chi connectivity index (χ4n) is 0.669. The van der Waals surface area contributed by atoms with Crippen molar-refractivity contribution in [3.8, 4) is 0 Å². The zero-order valence-corrected chi connectivity index (χ0v) is 6.84. The average molecular weight is 201 g/mol. The molecular weight excluding hydrogens is 195 g/mol. The number of nitrogens with zero attached hydrogens (tertiary/aromatic N) is 2. The van der Waals surface area contributed by atoms with E-state index in [1.165, 1.54) is 12.1 Å². The van der Waals surface area contributed by atoms with Gasteiger partial charge in [0.15, 0.2) is 5.76 Å². The van der Waals surface area contributed by atoms with Gasteiger partial charge >= 0.3 is 11.9 Å². The minimum absolute atomic E-state index is 0.144. The van der Waals surface area contributed by atoms with Crippen LogP contribution in [0.3, 0.4) is 0 Å². The molecule has 0 spiro atoms. The van der Waals surface area contributed by atoms with Crippen LogP contribution in [0.4, 0.5) is 10.7 Å². The fraction of sp³-hybridized carbons (Fsp3) is 0. The third-order valence-corrected chi connectivity index (χ3v) is 1.16. The number of nitrogens with one attached hydrogen (secondary N) is 1. The van der Waals surface area contributed by atoms with E-state index in [1.54, 1.807) is 0 Å². The Labute approximate surface area is 77.5 Å². The van der Waals surface area contributed by atoms with E-state index in [0.29, 0.717) is 0 Å². The molecule has 1 rings (SSSR count). The van der Waals surface area contributed by atoms with Crippen molar-refractivity contribution in [3.63, 3.8) is 0 Å². The Kier molecular flexibility index (Phi) is 2.79. The van der Waals surface area contributed by atoms with E-state index in [2.05, 4.69) is 9.52 Å². The molecular formula is C6H6N4O4. The van der Waals surface area contributed by atoms with Gasteiger partial charge in [-0.25, -0.2) is 10.2 Å². The van der Waals surface area contributed by atoms with Gasteiger partial charge in [-0.2, -0.15) is 5.10 Å². The normalized spacial score (nSPS) is 10.3. The summed E-state index contributed by atoms with van der Waals surface area (Å²) < 4.78 is 4.69. The van der Waals surface area contributed by atoms with E-state index in [1.807, 2.05) is 5.43 Å². The van der Waals surface area contributed by atoms with E-state index in [9.17, 15) is 14.9 Å². The van der Waals surface area contributed by atoms with Gasteiger partial charge in [0, 0.05) is 0 Å². The van der Waals surface area contributed by atoms with Crippen LogP contribution in [0, 0.1) is 10.1 Å². The van der Waals surface area contributed by atoms with Crippen LogP contribution in [-0.4, -0.2) is 17.2 Å². The van der Waals surface area contributed by atoms with Gasteiger partial charge in [-0.3, -0.25) is 10.1 Å². The Morgan fingerprint density at radius 1 is 1.71 bits per heavy atom. The summed E-state index contributed by atoms with van der Waals surface area (Å²) in [4.78, 5) is 19.7. The monoisotopic (exact) mass is 201 g/mol. The van der Waals surface area contributed by atoms with Crippen LogP contribution in [0.15, 0.2) is 21.7 Å². The second-order valence-corrected chi connectivity index (χ2v) is 2.17. The Morgan fingerprint density at radius 3 is 2.93 bits per heavy atom. The summed E-state index contributed by atoms with van der Waals surface area (Å²) in [6, 6.07) is 1.68. The first kappa shape index (κ1) is 9.71. The van der Waals surface area contributed by atoms with Crippen molar-refractivity contribution in [2.45, 2.75) is 0 Å². The van der Waals surface area contributed by atoms with Crippen LogP contribution in [0.1, 0.15) is 5.76 Å². The smallest absolute Gasteiger partial charge is 0.400 e. The van der Waals surface area contributed by atoms with Gasteiger partial charge in [-0.1, -0.05) is 0 Å². The average Bonchev–Trinajstić information content (AvgIpc) is 2.52. The molecule has 0 unspecified atom stereocenters. The molecule has 14 heavy (non-hydrogen) atoms. The predicted molar refractivity (Wildman–Crippen MR) is 45.7 cm³/mol. The van der Waals surface area contributed by atoms with Crippen LogP contribution in [0.5, 0.6) is 0 Å². The maximum atomic E-state index is 10.2. The summed E-state index contributed by atoms with van der Waals surface area (Å²) in [6.07, 6.45) is 1.10. The number of hydrogen-bond acceptors (Lipinski definition) is 5. The standard InChI is InChI=1S/C6H6N4O4/c7-6(11)9-8-3-4-1-2-5(14-4)10(12)13/h1-3H,(H3,7,9,11)/i6+1,8+1,9+1. The number of rotatable bonds is 3. The molecule has 2 amide bonds. The molecule has 1 heterocycles. The van der Waals surface area contributed by atoms with Gasteiger partial charge in [0.05, 0.1) is 12.3 Å². The van der Waals surface area contributed by atoms with Crippen LogP contribution < -0.4 is 11.2 Å². The molecule has 0 fully saturated rings. The summed E-state index contributed by atoms with van der Waals surface area (Å²) in [5, 5.41) is 13.5. The number of carbonyl (C=O) groups is 1. The second-order valence-electron chi connectivity index (χ2n) is 2.17. The zero-order valence-electron chi connectivity index (χ0n) is 6.84. The van der Waals surface area contributed by atoms with Gasteiger partial charge in [0.2, 0.25) is 0 Å². The van der Waals surface area contributed by atoms with Crippen molar-refractivity contribution in [2.24, 2.45) is 10.8 Å². The number of nitrogens with two attached hydrogens (primary N) is 1. The van der Waals surface area contributed by atoms with E-state index >= 15 is 0 Å². The lowest BCUT2D eigenvalue weighted by molar-refractivity contribution is -0.402. The predicted octanol–water partition coefficient (Wildman–Crippen LogP) is 0.190. The lowest BCUT2D eigenvalue weighted by Gasteiger charge is -1.88. The van der Waals surface area contributed by atoms with Crippen molar-refractivity contribution >= 4 is 18.1 Å². The number of amides is 2. The maximum Gasteiger partial charge on any atom is 0.433 e.